The molecule has 4 nitrogen and oxygen atoms in total. The van der Waals surface area contributed by atoms with Crippen LogP contribution in [0.5, 0.6) is 5.75 Å². The molecule has 0 atom stereocenters. The Bertz CT molecular complexity index is 761. The van der Waals surface area contributed by atoms with Crippen molar-refractivity contribution >= 4 is 17.2 Å². The van der Waals surface area contributed by atoms with Gasteiger partial charge < -0.3 is 14.6 Å². The summed E-state index contributed by atoms with van der Waals surface area (Å²) in [5.41, 5.74) is 2.10. The smallest absolute Gasteiger partial charge is 0.263 e. The molecule has 0 unspecified atom stereocenters. The van der Waals surface area contributed by atoms with Gasteiger partial charge in [-0.15, -0.1) is 11.3 Å². The van der Waals surface area contributed by atoms with Crippen LogP contribution < -0.4 is 10.1 Å². The number of carbonyl (C=O) groups excluding carboxylic acids is 1. The molecular formula is C18H18N2O2S. The lowest BCUT2D eigenvalue weighted by atomic mass is 10.2. The summed E-state index contributed by atoms with van der Waals surface area (Å²) >= 11 is 1.44. The third kappa shape index (κ3) is 3.81. The first-order chi connectivity index (χ1) is 11.2. The number of aromatic nitrogens is 1. The van der Waals surface area contributed by atoms with Crippen LogP contribution in [0, 0.1) is 6.92 Å². The molecule has 2 aromatic heterocycles. The maximum atomic E-state index is 12.3. The molecule has 118 valence electrons. The molecule has 3 aromatic rings. The Balaban J connectivity index is 1.52. The van der Waals surface area contributed by atoms with E-state index in [-0.39, 0.29) is 5.91 Å². The molecule has 0 spiro atoms. The molecule has 0 bridgehead atoms. The van der Waals surface area contributed by atoms with Gasteiger partial charge >= 0.3 is 0 Å². The zero-order valence-electron chi connectivity index (χ0n) is 12.9. The number of thiophene rings is 1. The third-order valence-electron chi connectivity index (χ3n) is 3.41. The third-order valence-corrected chi connectivity index (χ3v) is 4.31. The molecular weight excluding hydrogens is 308 g/mol. The first kappa shape index (κ1) is 15.4. The Labute approximate surface area is 139 Å². The Morgan fingerprint density at radius 2 is 1.91 bits per heavy atom. The second-order valence-corrected chi connectivity index (χ2v) is 6.06. The Morgan fingerprint density at radius 1 is 1.17 bits per heavy atom. The van der Waals surface area contributed by atoms with Gasteiger partial charge in [0.25, 0.3) is 5.91 Å². The average molecular weight is 326 g/mol. The van der Waals surface area contributed by atoms with Gasteiger partial charge in [0.15, 0.2) is 0 Å². The van der Waals surface area contributed by atoms with Crippen LogP contribution in [0.2, 0.25) is 0 Å². The summed E-state index contributed by atoms with van der Waals surface area (Å²) in [5, 5.41) is 4.83. The minimum Gasteiger partial charge on any atom is -0.492 e. The van der Waals surface area contributed by atoms with Gasteiger partial charge in [-0.25, -0.2) is 0 Å². The van der Waals surface area contributed by atoms with Gasteiger partial charge in [-0.05, 0) is 42.6 Å². The number of hydrogen-bond acceptors (Lipinski definition) is 3. The van der Waals surface area contributed by atoms with E-state index in [0.717, 1.165) is 11.4 Å². The van der Waals surface area contributed by atoms with Crippen molar-refractivity contribution in [3.8, 4) is 11.4 Å². The van der Waals surface area contributed by atoms with E-state index in [1.807, 2.05) is 71.7 Å². The van der Waals surface area contributed by atoms with Crippen LogP contribution >= 0.6 is 11.3 Å². The highest BCUT2D eigenvalue weighted by atomic mass is 32.1. The standard InChI is InChI=1S/C18H18N2O2S/c1-14-4-6-15(7-5-14)22-12-9-19-18(21)17-16(8-13-23-17)20-10-2-3-11-20/h2-8,10-11,13H,9,12H2,1H3,(H,19,21). The van der Waals surface area contributed by atoms with Crippen LogP contribution in [-0.4, -0.2) is 23.6 Å². The van der Waals surface area contributed by atoms with Crippen molar-refractivity contribution in [1.29, 1.82) is 0 Å². The Kier molecular flexibility index (Phi) is 4.78. The van der Waals surface area contributed by atoms with Gasteiger partial charge in [-0.2, -0.15) is 0 Å². The summed E-state index contributed by atoms with van der Waals surface area (Å²) < 4.78 is 7.55. The maximum Gasteiger partial charge on any atom is 0.263 e. The summed E-state index contributed by atoms with van der Waals surface area (Å²) in [6, 6.07) is 13.7. The molecule has 2 heterocycles. The van der Waals surface area contributed by atoms with Gasteiger partial charge in [0, 0.05) is 12.4 Å². The van der Waals surface area contributed by atoms with Crippen molar-refractivity contribution in [1.82, 2.24) is 9.88 Å². The predicted octanol–water partition coefficient (Wildman–Crippen LogP) is 3.66. The van der Waals surface area contributed by atoms with Crippen LogP contribution in [0.25, 0.3) is 5.69 Å². The van der Waals surface area contributed by atoms with E-state index >= 15 is 0 Å². The van der Waals surface area contributed by atoms with Gasteiger partial charge in [0.2, 0.25) is 0 Å². The molecule has 5 heteroatoms. The second-order valence-electron chi connectivity index (χ2n) is 5.14. The van der Waals surface area contributed by atoms with E-state index < -0.39 is 0 Å². The van der Waals surface area contributed by atoms with Gasteiger partial charge in [0.1, 0.15) is 17.2 Å². The summed E-state index contributed by atoms with van der Waals surface area (Å²) in [6.07, 6.45) is 3.86. The molecule has 23 heavy (non-hydrogen) atoms. The van der Waals surface area contributed by atoms with Crippen molar-refractivity contribution in [2.24, 2.45) is 0 Å². The molecule has 1 amide bonds. The summed E-state index contributed by atoms with van der Waals surface area (Å²) in [4.78, 5) is 13.0. The predicted molar refractivity (Wildman–Crippen MR) is 92.7 cm³/mol. The minimum absolute atomic E-state index is 0.0730. The number of aryl methyl sites for hydroxylation is 1. The van der Waals surface area contributed by atoms with Gasteiger partial charge in [0.05, 0.1) is 12.2 Å². The van der Waals surface area contributed by atoms with Gasteiger partial charge in [-0.1, -0.05) is 17.7 Å². The van der Waals surface area contributed by atoms with E-state index in [4.69, 9.17) is 4.74 Å². The molecule has 0 aliphatic heterocycles. The fraction of sp³-hybridized carbons (Fsp3) is 0.167. The minimum atomic E-state index is -0.0730. The lowest BCUT2D eigenvalue weighted by molar-refractivity contribution is 0.0951. The average Bonchev–Trinajstić information content (AvgIpc) is 3.23. The molecule has 0 saturated heterocycles. The molecule has 0 saturated carbocycles. The number of carbonyl (C=O) groups is 1. The van der Waals surface area contributed by atoms with Gasteiger partial charge in [-0.3, -0.25) is 4.79 Å². The van der Waals surface area contributed by atoms with E-state index in [2.05, 4.69) is 5.32 Å². The highest BCUT2D eigenvalue weighted by molar-refractivity contribution is 7.12. The monoisotopic (exact) mass is 326 g/mol. The second kappa shape index (κ2) is 7.15. The molecule has 0 aliphatic rings. The van der Waals surface area contributed by atoms with E-state index in [0.29, 0.717) is 18.0 Å². The van der Waals surface area contributed by atoms with Crippen LogP contribution in [0.4, 0.5) is 0 Å². The molecule has 0 aliphatic carbocycles. The number of nitrogens with zero attached hydrogens (tertiary/aromatic N) is 1. The van der Waals surface area contributed by atoms with Crippen LogP contribution in [-0.2, 0) is 0 Å². The van der Waals surface area contributed by atoms with Crippen molar-refractivity contribution < 1.29 is 9.53 Å². The lowest BCUT2D eigenvalue weighted by Crippen LogP contribution is -2.28. The first-order valence-corrected chi connectivity index (χ1v) is 8.30. The number of hydrogen-bond donors (Lipinski definition) is 1. The SMILES string of the molecule is Cc1ccc(OCCNC(=O)c2sccc2-n2cccc2)cc1. The summed E-state index contributed by atoms with van der Waals surface area (Å²) in [7, 11) is 0. The van der Waals surface area contributed by atoms with Crippen LogP contribution in [0.3, 0.4) is 0 Å². The highest BCUT2D eigenvalue weighted by Gasteiger charge is 2.13. The maximum absolute atomic E-state index is 12.3. The van der Waals surface area contributed by atoms with Crippen LogP contribution in [0.1, 0.15) is 15.2 Å². The molecule has 3 rings (SSSR count). The first-order valence-electron chi connectivity index (χ1n) is 7.42. The van der Waals surface area contributed by atoms with E-state index in [1.54, 1.807) is 0 Å². The van der Waals surface area contributed by atoms with Crippen molar-refractivity contribution in [3.63, 3.8) is 0 Å². The number of benzene rings is 1. The molecule has 1 N–H and O–H groups in total. The fourth-order valence-corrected chi connectivity index (χ4v) is 3.03. The Morgan fingerprint density at radius 3 is 2.65 bits per heavy atom. The van der Waals surface area contributed by atoms with Crippen molar-refractivity contribution in [2.45, 2.75) is 6.92 Å². The number of ether oxygens (including phenoxy) is 1. The highest BCUT2D eigenvalue weighted by Crippen LogP contribution is 2.21. The number of amides is 1. The number of nitrogens with one attached hydrogen (secondary N) is 1. The quantitative estimate of drug-likeness (QED) is 0.703. The zero-order chi connectivity index (χ0) is 16.1. The normalized spacial score (nSPS) is 10.5. The molecule has 1 aromatic carbocycles. The lowest BCUT2D eigenvalue weighted by Gasteiger charge is -2.09. The summed E-state index contributed by atoms with van der Waals surface area (Å²) in [5.74, 6) is 0.741. The van der Waals surface area contributed by atoms with Crippen molar-refractivity contribution in [2.75, 3.05) is 13.2 Å². The Hall–Kier alpha value is -2.53. The zero-order valence-corrected chi connectivity index (χ0v) is 13.7. The fourth-order valence-electron chi connectivity index (χ4n) is 2.22. The molecule has 0 fully saturated rings. The van der Waals surface area contributed by atoms with Crippen molar-refractivity contribution in [3.05, 3.63) is 70.7 Å². The van der Waals surface area contributed by atoms with E-state index in [9.17, 15) is 4.79 Å². The number of rotatable bonds is 6. The van der Waals surface area contributed by atoms with E-state index in [1.165, 1.54) is 16.9 Å². The summed E-state index contributed by atoms with van der Waals surface area (Å²) in [6.45, 7) is 2.95. The molecule has 0 radical (unpaired) electrons. The van der Waals surface area contributed by atoms with Crippen LogP contribution in [0.15, 0.2) is 60.2 Å². The largest absolute Gasteiger partial charge is 0.492 e. The topological polar surface area (TPSA) is 43.3 Å².